The van der Waals surface area contributed by atoms with E-state index in [1.807, 2.05) is 0 Å². The first-order valence-electron chi connectivity index (χ1n) is 4.99. The van der Waals surface area contributed by atoms with Crippen molar-refractivity contribution in [2.75, 3.05) is 19.8 Å². The Hall–Kier alpha value is -0.0800. The molecule has 0 amide bonds. The Morgan fingerprint density at radius 3 is 2.83 bits per heavy atom. The standard InChI is InChI=1S/C10H21NO/c1-8(2)4-10-7-12-6-9(3)5-11-10/h8-11H,4-7H2,1-3H3. The van der Waals surface area contributed by atoms with Crippen LogP contribution in [-0.4, -0.2) is 25.8 Å². The molecule has 2 atom stereocenters. The molecule has 2 heteroatoms. The van der Waals surface area contributed by atoms with E-state index >= 15 is 0 Å². The van der Waals surface area contributed by atoms with Crippen LogP contribution in [0.1, 0.15) is 27.2 Å². The number of rotatable bonds is 2. The lowest BCUT2D eigenvalue weighted by atomic mass is 10.0. The van der Waals surface area contributed by atoms with Gasteiger partial charge in [0.15, 0.2) is 0 Å². The van der Waals surface area contributed by atoms with E-state index in [-0.39, 0.29) is 0 Å². The molecule has 0 aliphatic carbocycles. The molecule has 72 valence electrons. The van der Waals surface area contributed by atoms with Crippen molar-refractivity contribution in [3.8, 4) is 0 Å². The van der Waals surface area contributed by atoms with Crippen LogP contribution in [0.2, 0.25) is 0 Å². The molecule has 0 aromatic heterocycles. The molecule has 0 spiro atoms. The summed E-state index contributed by atoms with van der Waals surface area (Å²) in [6, 6.07) is 0.579. The normalized spacial score (nSPS) is 32.0. The number of ether oxygens (including phenoxy) is 1. The molecule has 1 heterocycles. The first kappa shape index (κ1) is 10.0. The summed E-state index contributed by atoms with van der Waals surface area (Å²) in [6.45, 7) is 9.66. The van der Waals surface area contributed by atoms with Gasteiger partial charge in [-0.2, -0.15) is 0 Å². The average Bonchev–Trinajstić information content (AvgIpc) is 2.15. The summed E-state index contributed by atoms with van der Waals surface area (Å²) in [5, 5.41) is 3.54. The Morgan fingerprint density at radius 1 is 1.42 bits per heavy atom. The zero-order chi connectivity index (χ0) is 8.97. The minimum Gasteiger partial charge on any atom is -0.380 e. The first-order chi connectivity index (χ1) is 5.68. The van der Waals surface area contributed by atoms with Gasteiger partial charge in [-0.05, 0) is 18.3 Å². The van der Waals surface area contributed by atoms with Crippen LogP contribution in [0.25, 0.3) is 0 Å². The SMILES string of the molecule is CC(C)CC1COCC(C)CN1. The number of hydrogen-bond donors (Lipinski definition) is 1. The molecule has 1 fully saturated rings. The molecule has 1 saturated heterocycles. The van der Waals surface area contributed by atoms with Gasteiger partial charge in [-0.15, -0.1) is 0 Å². The second-order valence-corrected chi connectivity index (χ2v) is 4.38. The minimum atomic E-state index is 0.579. The van der Waals surface area contributed by atoms with Crippen LogP contribution in [0.3, 0.4) is 0 Å². The minimum absolute atomic E-state index is 0.579. The largest absolute Gasteiger partial charge is 0.380 e. The van der Waals surface area contributed by atoms with Gasteiger partial charge in [-0.25, -0.2) is 0 Å². The molecule has 1 rings (SSSR count). The molecule has 1 aliphatic rings. The Morgan fingerprint density at radius 2 is 2.17 bits per heavy atom. The molecule has 0 aromatic rings. The van der Waals surface area contributed by atoms with Gasteiger partial charge in [0.1, 0.15) is 0 Å². The predicted molar refractivity (Wildman–Crippen MR) is 51.2 cm³/mol. The van der Waals surface area contributed by atoms with Crippen LogP contribution in [0.15, 0.2) is 0 Å². The Balaban J connectivity index is 2.26. The van der Waals surface area contributed by atoms with Crippen molar-refractivity contribution in [1.82, 2.24) is 5.32 Å². The molecule has 1 aliphatic heterocycles. The van der Waals surface area contributed by atoms with Gasteiger partial charge in [-0.3, -0.25) is 0 Å². The van der Waals surface area contributed by atoms with Crippen LogP contribution >= 0.6 is 0 Å². The fourth-order valence-electron chi connectivity index (χ4n) is 1.62. The molecule has 0 radical (unpaired) electrons. The summed E-state index contributed by atoms with van der Waals surface area (Å²) in [5.41, 5.74) is 0. The average molecular weight is 171 g/mol. The summed E-state index contributed by atoms with van der Waals surface area (Å²) in [7, 11) is 0. The highest BCUT2D eigenvalue weighted by atomic mass is 16.5. The van der Waals surface area contributed by atoms with Gasteiger partial charge in [0.25, 0.3) is 0 Å². The van der Waals surface area contributed by atoms with Gasteiger partial charge >= 0.3 is 0 Å². The lowest BCUT2D eigenvalue weighted by molar-refractivity contribution is 0.109. The molecule has 0 saturated carbocycles. The number of nitrogens with one attached hydrogen (secondary N) is 1. The van der Waals surface area contributed by atoms with Gasteiger partial charge in [0, 0.05) is 12.6 Å². The predicted octanol–water partition coefficient (Wildman–Crippen LogP) is 1.66. The van der Waals surface area contributed by atoms with Crippen LogP contribution in [0, 0.1) is 11.8 Å². The second-order valence-electron chi connectivity index (χ2n) is 4.38. The monoisotopic (exact) mass is 171 g/mol. The van der Waals surface area contributed by atoms with Crippen molar-refractivity contribution in [3.05, 3.63) is 0 Å². The molecular formula is C10H21NO. The summed E-state index contributed by atoms with van der Waals surface area (Å²) >= 11 is 0. The lowest BCUT2D eigenvalue weighted by Crippen LogP contribution is -2.34. The van der Waals surface area contributed by atoms with Crippen molar-refractivity contribution in [2.45, 2.75) is 33.2 Å². The van der Waals surface area contributed by atoms with Crippen molar-refractivity contribution >= 4 is 0 Å². The Labute approximate surface area is 75.7 Å². The Bertz CT molecular complexity index is 125. The van der Waals surface area contributed by atoms with E-state index in [1.54, 1.807) is 0 Å². The third kappa shape index (κ3) is 3.55. The third-order valence-electron chi connectivity index (χ3n) is 2.23. The lowest BCUT2D eigenvalue weighted by Gasteiger charge is -2.17. The van der Waals surface area contributed by atoms with E-state index in [2.05, 4.69) is 26.1 Å². The van der Waals surface area contributed by atoms with Crippen molar-refractivity contribution in [3.63, 3.8) is 0 Å². The van der Waals surface area contributed by atoms with Crippen LogP contribution in [-0.2, 0) is 4.74 Å². The van der Waals surface area contributed by atoms with Crippen LogP contribution in [0.5, 0.6) is 0 Å². The molecule has 0 aromatic carbocycles. The topological polar surface area (TPSA) is 21.3 Å². The Kier molecular flexibility index (Phi) is 4.02. The van der Waals surface area contributed by atoms with Crippen molar-refractivity contribution in [2.24, 2.45) is 11.8 Å². The summed E-state index contributed by atoms with van der Waals surface area (Å²) in [6.07, 6.45) is 1.23. The van der Waals surface area contributed by atoms with Crippen molar-refractivity contribution in [1.29, 1.82) is 0 Å². The number of hydrogen-bond acceptors (Lipinski definition) is 2. The van der Waals surface area contributed by atoms with E-state index in [4.69, 9.17) is 4.74 Å². The van der Waals surface area contributed by atoms with E-state index in [9.17, 15) is 0 Å². The molecule has 2 unspecified atom stereocenters. The smallest absolute Gasteiger partial charge is 0.0619 e. The fourth-order valence-corrected chi connectivity index (χ4v) is 1.62. The van der Waals surface area contributed by atoms with Gasteiger partial charge in [-0.1, -0.05) is 20.8 Å². The maximum atomic E-state index is 5.56. The second kappa shape index (κ2) is 4.83. The molecule has 0 bridgehead atoms. The highest BCUT2D eigenvalue weighted by molar-refractivity contribution is 4.72. The van der Waals surface area contributed by atoms with E-state index in [0.717, 1.165) is 25.7 Å². The highest BCUT2D eigenvalue weighted by Crippen LogP contribution is 2.09. The van der Waals surface area contributed by atoms with E-state index in [0.29, 0.717) is 12.0 Å². The summed E-state index contributed by atoms with van der Waals surface area (Å²) in [4.78, 5) is 0. The molecule has 1 N–H and O–H groups in total. The van der Waals surface area contributed by atoms with Gasteiger partial charge in [0.2, 0.25) is 0 Å². The van der Waals surface area contributed by atoms with Gasteiger partial charge < -0.3 is 10.1 Å². The highest BCUT2D eigenvalue weighted by Gasteiger charge is 2.16. The fraction of sp³-hybridized carbons (Fsp3) is 1.00. The van der Waals surface area contributed by atoms with Crippen LogP contribution < -0.4 is 5.32 Å². The maximum Gasteiger partial charge on any atom is 0.0619 e. The van der Waals surface area contributed by atoms with E-state index in [1.165, 1.54) is 6.42 Å². The zero-order valence-corrected chi connectivity index (χ0v) is 8.47. The van der Waals surface area contributed by atoms with Crippen LogP contribution in [0.4, 0.5) is 0 Å². The van der Waals surface area contributed by atoms with E-state index < -0.39 is 0 Å². The first-order valence-corrected chi connectivity index (χ1v) is 4.99. The molecule has 12 heavy (non-hydrogen) atoms. The molecule has 2 nitrogen and oxygen atoms in total. The summed E-state index contributed by atoms with van der Waals surface area (Å²) < 4.78 is 5.56. The maximum absolute atomic E-state index is 5.56. The van der Waals surface area contributed by atoms with Gasteiger partial charge in [0.05, 0.1) is 13.2 Å². The summed E-state index contributed by atoms with van der Waals surface area (Å²) in [5.74, 6) is 1.43. The molecular weight excluding hydrogens is 150 g/mol. The zero-order valence-electron chi connectivity index (χ0n) is 8.47. The van der Waals surface area contributed by atoms with Crippen molar-refractivity contribution < 1.29 is 4.74 Å². The quantitative estimate of drug-likeness (QED) is 0.682. The third-order valence-corrected chi connectivity index (χ3v) is 2.23.